The summed E-state index contributed by atoms with van der Waals surface area (Å²) in [5.41, 5.74) is 2.54. The summed E-state index contributed by atoms with van der Waals surface area (Å²) in [6, 6.07) is 21.0. The number of hydrogen-bond donors (Lipinski definition) is 2. The van der Waals surface area contributed by atoms with E-state index in [0.29, 0.717) is 18.9 Å². The van der Waals surface area contributed by atoms with E-state index in [2.05, 4.69) is 15.7 Å². The molecule has 0 radical (unpaired) electrons. The fourth-order valence-corrected chi connectivity index (χ4v) is 2.93. The molecule has 0 saturated heterocycles. The van der Waals surface area contributed by atoms with Gasteiger partial charge in [-0.25, -0.2) is 9.48 Å². The zero-order valence-electron chi connectivity index (χ0n) is 16.6. The highest BCUT2D eigenvalue weighted by atomic mass is 16.2. The van der Waals surface area contributed by atoms with Crippen LogP contribution in [0.2, 0.25) is 0 Å². The Bertz CT molecular complexity index is 954. The largest absolute Gasteiger partial charge is 0.338 e. The fourth-order valence-electron chi connectivity index (χ4n) is 2.93. The van der Waals surface area contributed by atoms with Crippen molar-refractivity contribution in [3.8, 4) is 16.9 Å². The highest BCUT2D eigenvalue weighted by Gasteiger charge is 2.18. The third-order valence-electron chi connectivity index (χ3n) is 4.38. The van der Waals surface area contributed by atoms with Gasteiger partial charge in [-0.05, 0) is 26.0 Å². The van der Waals surface area contributed by atoms with E-state index in [1.807, 2.05) is 80.6 Å². The fraction of sp³-hybridized carbons (Fsp3) is 0.227. The van der Waals surface area contributed by atoms with E-state index in [9.17, 15) is 9.59 Å². The lowest BCUT2D eigenvalue weighted by Gasteiger charge is -2.20. The molecular formula is C22H25N5O2. The van der Waals surface area contributed by atoms with Gasteiger partial charge in [0.25, 0.3) is 0 Å². The van der Waals surface area contributed by atoms with E-state index in [-0.39, 0.29) is 18.5 Å². The Balaban J connectivity index is 1.86. The molecule has 150 valence electrons. The number of aromatic nitrogens is 2. The van der Waals surface area contributed by atoms with Crippen LogP contribution in [0.4, 0.5) is 10.6 Å². The predicted octanol–water partition coefficient (Wildman–Crippen LogP) is 3.53. The Labute approximate surface area is 170 Å². The summed E-state index contributed by atoms with van der Waals surface area (Å²) in [7, 11) is 0. The van der Waals surface area contributed by atoms with Gasteiger partial charge in [0.15, 0.2) is 0 Å². The standard InChI is InChI=1S/C22H25N5O2/c1-3-23-22(29)26(4-2)16-21(28)24-20-15-19(17-11-7-5-8-12-17)25-27(20)18-13-9-6-10-14-18/h5-15H,3-4,16H2,1-2H3,(H,23,29)(H,24,28). The van der Waals surface area contributed by atoms with Crippen molar-refractivity contribution in [1.82, 2.24) is 20.0 Å². The van der Waals surface area contributed by atoms with Crippen molar-refractivity contribution < 1.29 is 9.59 Å². The first kappa shape index (κ1) is 20.1. The van der Waals surface area contributed by atoms with Crippen molar-refractivity contribution in [2.45, 2.75) is 13.8 Å². The average Bonchev–Trinajstić information content (AvgIpc) is 3.17. The van der Waals surface area contributed by atoms with Gasteiger partial charge in [0.2, 0.25) is 5.91 Å². The van der Waals surface area contributed by atoms with Crippen LogP contribution in [0.1, 0.15) is 13.8 Å². The highest BCUT2D eigenvalue weighted by Crippen LogP contribution is 2.24. The SMILES string of the molecule is CCNC(=O)N(CC)CC(=O)Nc1cc(-c2ccccc2)nn1-c1ccccc1. The normalized spacial score (nSPS) is 10.4. The number of rotatable bonds is 7. The summed E-state index contributed by atoms with van der Waals surface area (Å²) in [4.78, 5) is 26.2. The summed E-state index contributed by atoms with van der Waals surface area (Å²) >= 11 is 0. The number of carbonyl (C=O) groups is 2. The molecule has 0 spiro atoms. The molecule has 2 aromatic carbocycles. The molecule has 0 atom stereocenters. The first-order valence-corrected chi connectivity index (χ1v) is 9.66. The molecule has 0 saturated carbocycles. The van der Waals surface area contributed by atoms with E-state index in [0.717, 1.165) is 16.9 Å². The molecule has 1 heterocycles. The molecule has 0 aliphatic carbocycles. The summed E-state index contributed by atoms with van der Waals surface area (Å²) in [6.45, 7) is 4.59. The van der Waals surface area contributed by atoms with Crippen LogP contribution in [0.5, 0.6) is 0 Å². The van der Waals surface area contributed by atoms with Crippen molar-refractivity contribution in [3.63, 3.8) is 0 Å². The molecule has 29 heavy (non-hydrogen) atoms. The number of amides is 3. The molecule has 3 aromatic rings. The minimum absolute atomic E-state index is 0.0387. The predicted molar refractivity (Wildman–Crippen MR) is 114 cm³/mol. The smallest absolute Gasteiger partial charge is 0.317 e. The molecule has 0 aliphatic heterocycles. The van der Waals surface area contributed by atoms with Crippen LogP contribution in [0.3, 0.4) is 0 Å². The second-order valence-corrected chi connectivity index (χ2v) is 6.43. The van der Waals surface area contributed by atoms with E-state index < -0.39 is 0 Å². The summed E-state index contributed by atoms with van der Waals surface area (Å²) in [5, 5.41) is 10.3. The van der Waals surface area contributed by atoms with Crippen LogP contribution in [-0.4, -0.2) is 46.3 Å². The van der Waals surface area contributed by atoms with Crippen LogP contribution in [0, 0.1) is 0 Å². The Morgan fingerprint density at radius 2 is 1.66 bits per heavy atom. The van der Waals surface area contributed by atoms with Crippen LogP contribution in [-0.2, 0) is 4.79 Å². The maximum atomic E-state index is 12.6. The molecule has 0 aliphatic rings. The minimum Gasteiger partial charge on any atom is -0.338 e. The lowest BCUT2D eigenvalue weighted by Crippen LogP contribution is -2.43. The number of para-hydroxylation sites is 1. The number of urea groups is 1. The highest BCUT2D eigenvalue weighted by molar-refractivity contribution is 5.94. The number of nitrogens with zero attached hydrogens (tertiary/aromatic N) is 3. The quantitative estimate of drug-likeness (QED) is 0.647. The number of likely N-dealkylation sites (N-methyl/N-ethyl adjacent to an activating group) is 1. The summed E-state index contributed by atoms with van der Waals surface area (Å²) in [5.74, 6) is 0.266. The van der Waals surface area contributed by atoms with Crippen molar-refractivity contribution in [2.75, 3.05) is 25.0 Å². The van der Waals surface area contributed by atoms with Crippen molar-refractivity contribution in [2.24, 2.45) is 0 Å². The minimum atomic E-state index is -0.283. The van der Waals surface area contributed by atoms with Crippen LogP contribution in [0.15, 0.2) is 66.7 Å². The van der Waals surface area contributed by atoms with E-state index in [1.54, 1.807) is 4.68 Å². The number of benzene rings is 2. The molecule has 3 amide bonds. The molecule has 0 bridgehead atoms. The number of hydrogen-bond acceptors (Lipinski definition) is 3. The Kier molecular flexibility index (Phi) is 6.63. The zero-order chi connectivity index (χ0) is 20.6. The van der Waals surface area contributed by atoms with Gasteiger partial charge in [-0.2, -0.15) is 5.10 Å². The average molecular weight is 391 g/mol. The third-order valence-corrected chi connectivity index (χ3v) is 4.38. The van der Waals surface area contributed by atoms with E-state index in [1.165, 1.54) is 4.90 Å². The number of carbonyl (C=O) groups excluding carboxylic acids is 2. The van der Waals surface area contributed by atoms with Gasteiger partial charge < -0.3 is 15.5 Å². The van der Waals surface area contributed by atoms with Gasteiger partial charge in [0.05, 0.1) is 11.4 Å². The second kappa shape index (κ2) is 9.54. The van der Waals surface area contributed by atoms with Crippen LogP contribution in [0.25, 0.3) is 16.9 Å². The van der Waals surface area contributed by atoms with Gasteiger partial charge in [0, 0.05) is 24.7 Å². The lowest BCUT2D eigenvalue weighted by atomic mass is 10.2. The Morgan fingerprint density at radius 3 is 2.28 bits per heavy atom. The first-order valence-electron chi connectivity index (χ1n) is 9.66. The van der Waals surface area contributed by atoms with Gasteiger partial charge in [-0.15, -0.1) is 0 Å². The molecule has 3 rings (SSSR count). The van der Waals surface area contributed by atoms with Gasteiger partial charge in [-0.1, -0.05) is 48.5 Å². The number of anilines is 1. The molecule has 0 fully saturated rings. The number of nitrogens with one attached hydrogen (secondary N) is 2. The zero-order valence-corrected chi connectivity index (χ0v) is 16.6. The van der Waals surface area contributed by atoms with Crippen molar-refractivity contribution in [3.05, 3.63) is 66.7 Å². The molecule has 2 N–H and O–H groups in total. The summed E-state index contributed by atoms with van der Waals surface area (Å²) in [6.07, 6.45) is 0. The van der Waals surface area contributed by atoms with Crippen LogP contribution < -0.4 is 10.6 Å². The first-order chi connectivity index (χ1) is 14.1. The molecule has 7 heteroatoms. The molecule has 0 unspecified atom stereocenters. The van der Waals surface area contributed by atoms with Gasteiger partial charge >= 0.3 is 6.03 Å². The van der Waals surface area contributed by atoms with Crippen molar-refractivity contribution in [1.29, 1.82) is 0 Å². The van der Waals surface area contributed by atoms with Gasteiger partial charge in [-0.3, -0.25) is 4.79 Å². The van der Waals surface area contributed by atoms with E-state index >= 15 is 0 Å². The van der Waals surface area contributed by atoms with Gasteiger partial charge in [0.1, 0.15) is 12.4 Å². The summed E-state index contributed by atoms with van der Waals surface area (Å²) < 4.78 is 1.70. The maximum Gasteiger partial charge on any atom is 0.317 e. The Hall–Kier alpha value is -3.61. The van der Waals surface area contributed by atoms with E-state index in [4.69, 9.17) is 0 Å². The topological polar surface area (TPSA) is 79.3 Å². The Morgan fingerprint density at radius 1 is 1.00 bits per heavy atom. The van der Waals surface area contributed by atoms with Crippen LogP contribution >= 0.6 is 0 Å². The molecular weight excluding hydrogens is 366 g/mol. The van der Waals surface area contributed by atoms with Crippen molar-refractivity contribution >= 4 is 17.8 Å². The lowest BCUT2D eigenvalue weighted by molar-refractivity contribution is -0.116. The third kappa shape index (κ3) is 5.01. The molecule has 1 aromatic heterocycles. The maximum absolute atomic E-state index is 12.6. The monoisotopic (exact) mass is 391 g/mol. The molecule has 7 nitrogen and oxygen atoms in total. The second-order valence-electron chi connectivity index (χ2n) is 6.43.